The maximum Gasteiger partial charge on any atom is 0.308 e. The zero-order valence-electron chi connectivity index (χ0n) is 10.1. The molecular weight excluding hydrogens is 222 g/mol. The van der Waals surface area contributed by atoms with E-state index in [1.807, 2.05) is 6.92 Å². The minimum absolute atomic E-state index is 0.0697. The highest BCUT2D eigenvalue weighted by Gasteiger charge is 2.46. The Morgan fingerprint density at radius 1 is 1.35 bits per heavy atom. The summed E-state index contributed by atoms with van der Waals surface area (Å²) >= 11 is 0. The van der Waals surface area contributed by atoms with Crippen LogP contribution in [0.2, 0.25) is 0 Å². The van der Waals surface area contributed by atoms with Crippen LogP contribution in [0.1, 0.15) is 19.8 Å². The third-order valence-corrected chi connectivity index (χ3v) is 3.69. The van der Waals surface area contributed by atoms with Crippen LogP contribution in [0, 0.1) is 17.8 Å². The molecule has 0 radical (unpaired) electrons. The zero-order valence-corrected chi connectivity index (χ0v) is 10.1. The van der Waals surface area contributed by atoms with E-state index in [2.05, 4.69) is 0 Å². The van der Waals surface area contributed by atoms with Crippen molar-refractivity contribution in [3.63, 3.8) is 0 Å². The lowest BCUT2D eigenvalue weighted by molar-refractivity contribution is -0.143. The summed E-state index contributed by atoms with van der Waals surface area (Å²) < 4.78 is 5.08. The molecule has 2 fully saturated rings. The van der Waals surface area contributed by atoms with Crippen molar-refractivity contribution in [2.75, 3.05) is 26.3 Å². The number of carbonyl (C=O) groups is 2. The molecule has 0 aromatic heterocycles. The summed E-state index contributed by atoms with van der Waals surface area (Å²) in [4.78, 5) is 24.6. The van der Waals surface area contributed by atoms with Crippen molar-refractivity contribution in [2.45, 2.75) is 19.8 Å². The lowest BCUT2D eigenvalue weighted by atomic mass is 9.92. The van der Waals surface area contributed by atoms with Crippen molar-refractivity contribution in [2.24, 2.45) is 17.8 Å². The first-order chi connectivity index (χ1) is 8.13. The number of carboxylic acids is 1. The minimum Gasteiger partial charge on any atom is -0.481 e. The Morgan fingerprint density at radius 2 is 2.06 bits per heavy atom. The Balaban J connectivity index is 1.93. The maximum atomic E-state index is 11.8. The number of hydrogen-bond donors (Lipinski definition) is 1. The van der Waals surface area contributed by atoms with E-state index in [9.17, 15) is 9.59 Å². The molecule has 1 heterocycles. The van der Waals surface area contributed by atoms with E-state index < -0.39 is 5.97 Å². The second-order valence-electron chi connectivity index (χ2n) is 4.88. The molecule has 17 heavy (non-hydrogen) atoms. The van der Waals surface area contributed by atoms with Crippen LogP contribution in [0.5, 0.6) is 0 Å². The Morgan fingerprint density at radius 3 is 2.59 bits per heavy atom. The van der Waals surface area contributed by atoms with Gasteiger partial charge in [0, 0.05) is 19.7 Å². The number of hydrogen-bond acceptors (Lipinski definition) is 3. The van der Waals surface area contributed by atoms with Crippen LogP contribution in [-0.2, 0) is 14.3 Å². The number of nitrogens with zero attached hydrogens (tertiary/aromatic N) is 1. The minimum atomic E-state index is -0.770. The van der Waals surface area contributed by atoms with Gasteiger partial charge >= 0.3 is 5.97 Å². The number of carboxylic acid groups (broad SMARTS) is 1. The van der Waals surface area contributed by atoms with Crippen LogP contribution < -0.4 is 0 Å². The van der Waals surface area contributed by atoms with Crippen molar-refractivity contribution >= 4 is 11.9 Å². The van der Waals surface area contributed by atoms with E-state index in [-0.39, 0.29) is 24.3 Å². The van der Waals surface area contributed by atoms with Gasteiger partial charge in [0.25, 0.3) is 0 Å². The number of amides is 1. The fourth-order valence-electron chi connectivity index (χ4n) is 2.58. The molecule has 1 N–H and O–H groups in total. The topological polar surface area (TPSA) is 66.8 Å². The summed E-state index contributed by atoms with van der Waals surface area (Å²) in [6.07, 6.45) is 2.23. The van der Waals surface area contributed by atoms with Crippen LogP contribution in [0.3, 0.4) is 0 Å². The second kappa shape index (κ2) is 5.04. The number of likely N-dealkylation sites (tertiary alicyclic amines) is 1. The molecule has 0 spiro atoms. The molecule has 2 rings (SSSR count). The van der Waals surface area contributed by atoms with Crippen LogP contribution in [0.25, 0.3) is 0 Å². The Hall–Kier alpha value is -1.10. The number of rotatable bonds is 5. The molecule has 1 aliphatic heterocycles. The standard InChI is InChI=1S/C12H19NO4/c1-2-17-7-11(14)13-5-9(8-3-4-8)10(6-13)12(15)16/h8-10H,2-7H2,1H3,(H,15,16)/t9-,10+/m1/s1. The van der Waals surface area contributed by atoms with E-state index in [0.717, 1.165) is 12.8 Å². The van der Waals surface area contributed by atoms with Crippen LogP contribution in [0.4, 0.5) is 0 Å². The van der Waals surface area contributed by atoms with Gasteiger partial charge in [-0.2, -0.15) is 0 Å². The third kappa shape index (κ3) is 2.77. The first-order valence-corrected chi connectivity index (χ1v) is 6.21. The molecule has 5 nitrogen and oxygen atoms in total. The van der Waals surface area contributed by atoms with Gasteiger partial charge in [0.15, 0.2) is 0 Å². The Labute approximate surface area is 101 Å². The Bertz CT molecular complexity index is 314. The van der Waals surface area contributed by atoms with E-state index in [1.54, 1.807) is 4.90 Å². The summed E-state index contributed by atoms with van der Waals surface area (Å²) in [6, 6.07) is 0. The molecule has 1 saturated carbocycles. The van der Waals surface area contributed by atoms with Gasteiger partial charge in [0.1, 0.15) is 6.61 Å². The van der Waals surface area contributed by atoms with Crippen molar-refractivity contribution in [3.8, 4) is 0 Å². The molecule has 2 atom stereocenters. The largest absolute Gasteiger partial charge is 0.481 e. The van der Waals surface area contributed by atoms with Gasteiger partial charge in [-0.3, -0.25) is 9.59 Å². The molecule has 1 saturated heterocycles. The first kappa shape index (κ1) is 12.4. The van der Waals surface area contributed by atoms with E-state index in [1.165, 1.54) is 0 Å². The predicted molar refractivity (Wildman–Crippen MR) is 60.4 cm³/mol. The monoisotopic (exact) mass is 241 g/mol. The molecule has 2 aliphatic rings. The second-order valence-corrected chi connectivity index (χ2v) is 4.88. The first-order valence-electron chi connectivity index (χ1n) is 6.21. The van der Waals surface area contributed by atoms with Crippen molar-refractivity contribution < 1.29 is 19.4 Å². The maximum absolute atomic E-state index is 11.8. The van der Waals surface area contributed by atoms with E-state index in [0.29, 0.717) is 25.6 Å². The van der Waals surface area contributed by atoms with Crippen molar-refractivity contribution in [1.82, 2.24) is 4.90 Å². The van der Waals surface area contributed by atoms with Gasteiger partial charge in [-0.05, 0) is 31.6 Å². The lowest BCUT2D eigenvalue weighted by Crippen LogP contribution is -2.33. The number of aliphatic carboxylic acids is 1. The van der Waals surface area contributed by atoms with Crippen LogP contribution in [-0.4, -0.2) is 48.2 Å². The summed E-state index contributed by atoms with van der Waals surface area (Å²) in [5.74, 6) is -0.568. The van der Waals surface area contributed by atoms with E-state index >= 15 is 0 Å². The summed E-state index contributed by atoms with van der Waals surface area (Å²) in [5.41, 5.74) is 0. The van der Waals surface area contributed by atoms with Crippen LogP contribution in [0.15, 0.2) is 0 Å². The molecule has 0 bridgehead atoms. The summed E-state index contributed by atoms with van der Waals surface area (Å²) in [6.45, 7) is 3.36. The molecule has 1 amide bonds. The molecule has 0 unspecified atom stereocenters. The molecule has 96 valence electrons. The van der Waals surface area contributed by atoms with Gasteiger partial charge in [0.05, 0.1) is 5.92 Å². The normalized spacial score (nSPS) is 28.4. The van der Waals surface area contributed by atoms with E-state index in [4.69, 9.17) is 9.84 Å². The third-order valence-electron chi connectivity index (χ3n) is 3.69. The highest BCUT2D eigenvalue weighted by Crippen LogP contribution is 2.44. The highest BCUT2D eigenvalue weighted by molar-refractivity contribution is 5.80. The predicted octanol–water partition coefficient (Wildman–Crippen LogP) is 0.592. The fourth-order valence-corrected chi connectivity index (χ4v) is 2.58. The molecule has 5 heteroatoms. The lowest BCUT2D eigenvalue weighted by Gasteiger charge is -2.15. The van der Waals surface area contributed by atoms with Gasteiger partial charge in [-0.25, -0.2) is 0 Å². The van der Waals surface area contributed by atoms with Gasteiger partial charge < -0.3 is 14.7 Å². The smallest absolute Gasteiger partial charge is 0.308 e. The summed E-state index contributed by atoms with van der Waals surface area (Å²) in [5, 5.41) is 9.17. The quantitative estimate of drug-likeness (QED) is 0.765. The summed E-state index contributed by atoms with van der Waals surface area (Å²) in [7, 11) is 0. The average Bonchev–Trinajstić information content (AvgIpc) is 3.04. The van der Waals surface area contributed by atoms with Gasteiger partial charge in [0.2, 0.25) is 5.91 Å². The van der Waals surface area contributed by atoms with Gasteiger partial charge in [-0.15, -0.1) is 0 Å². The molecular formula is C12H19NO4. The van der Waals surface area contributed by atoms with Crippen LogP contribution >= 0.6 is 0 Å². The van der Waals surface area contributed by atoms with Crippen molar-refractivity contribution in [1.29, 1.82) is 0 Å². The molecule has 0 aromatic carbocycles. The zero-order chi connectivity index (χ0) is 12.4. The highest BCUT2D eigenvalue weighted by atomic mass is 16.5. The van der Waals surface area contributed by atoms with Gasteiger partial charge in [-0.1, -0.05) is 0 Å². The fraction of sp³-hybridized carbons (Fsp3) is 0.833. The number of carbonyl (C=O) groups excluding carboxylic acids is 1. The average molecular weight is 241 g/mol. The molecule has 1 aliphatic carbocycles. The van der Waals surface area contributed by atoms with Crippen molar-refractivity contribution in [3.05, 3.63) is 0 Å². The molecule has 0 aromatic rings. The number of ether oxygens (including phenoxy) is 1. The SMILES string of the molecule is CCOCC(=O)N1C[C@H](C(=O)O)[C@@H](C2CC2)C1. The Kier molecular flexibility index (Phi) is 3.66.